The van der Waals surface area contributed by atoms with E-state index in [9.17, 15) is 14.4 Å². The van der Waals surface area contributed by atoms with E-state index >= 15 is 0 Å². The highest BCUT2D eigenvalue weighted by molar-refractivity contribution is 6.07. The van der Waals surface area contributed by atoms with Crippen molar-refractivity contribution >= 4 is 28.8 Å². The molecule has 1 atom stereocenters. The highest BCUT2D eigenvalue weighted by atomic mass is 16.6. The van der Waals surface area contributed by atoms with Crippen molar-refractivity contribution in [3.05, 3.63) is 36.0 Å². The molecule has 2 saturated heterocycles. The Kier molecular flexibility index (Phi) is 3.07. The van der Waals surface area contributed by atoms with Gasteiger partial charge in [0.05, 0.1) is 11.6 Å². The van der Waals surface area contributed by atoms with Crippen molar-refractivity contribution in [2.75, 3.05) is 19.7 Å². The fourth-order valence-corrected chi connectivity index (χ4v) is 3.27. The molecule has 1 N–H and O–H groups in total. The van der Waals surface area contributed by atoms with E-state index in [2.05, 4.69) is 4.98 Å². The first-order valence-electron chi connectivity index (χ1n) is 7.49. The zero-order valence-electron chi connectivity index (χ0n) is 12.3. The van der Waals surface area contributed by atoms with Gasteiger partial charge in [0.2, 0.25) is 0 Å². The molecule has 1 aromatic carbocycles. The number of aromatic amines is 1. The highest BCUT2D eigenvalue weighted by Gasteiger charge is 2.41. The van der Waals surface area contributed by atoms with E-state index in [1.165, 1.54) is 0 Å². The monoisotopic (exact) mass is 313 g/mol. The van der Waals surface area contributed by atoms with Crippen LogP contribution in [0.2, 0.25) is 0 Å². The van der Waals surface area contributed by atoms with Gasteiger partial charge >= 0.3 is 6.09 Å². The highest BCUT2D eigenvalue weighted by Crippen LogP contribution is 2.24. The van der Waals surface area contributed by atoms with Gasteiger partial charge in [-0.15, -0.1) is 0 Å². The van der Waals surface area contributed by atoms with Crippen molar-refractivity contribution in [3.8, 4) is 0 Å². The zero-order valence-corrected chi connectivity index (χ0v) is 12.3. The van der Waals surface area contributed by atoms with Gasteiger partial charge in [0.25, 0.3) is 11.8 Å². The number of benzene rings is 1. The van der Waals surface area contributed by atoms with Gasteiger partial charge in [-0.1, -0.05) is 18.2 Å². The number of imide groups is 1. The summed E-state index contributed by atoms with van der Waals surface area (Å²) in [5, 5.41) is 0.873. The second-order valence-corrected chi connectivity index (χ2v) is 5.76. The number of cyclic esters (lactones) is 1. The molecule has 0 radical (unpaired) electrons. The SMILES string of the molecule is O=C(c1c[nH]c2ccccc12)N1CCC(N2C(=O)COC2=O)C1. The molecule has 7 heteroatoms. The molecule has 4 rings (SSSR count). The number of hydrogen-bond acceptors (Lipinski definition) is 4. The Morgan fingerprint density at radius 1 is 1.26 bits per heavy atom. The number of aromatic nitrogens is 1. The molecule has 23 heavy (non-hydrogen) atoms. The van der Waals surface area contributed by atoms with Crippen LogP contribution < -0.4 is 0 Å². The molecule has 3 amide bonds. The zero-order chi connectivity index (χ0) is 16.0. The minimum absolute atomic E-state index is 0.0926. The fraction of sp³-hybridized carbons (Fsp3) is 0.312. The molecule has 0 aliphatic carbocycles. The van der Waals surface area contributed by atoms with Crippen molar-refractivity contribution in [1.82, 2.24) is 14.8 Å². The van der Waals surface area contributed by atoms with Gasteiger partial charge in [-0.05, 0) is 12.5 Å². The standard InChI is InChI=1S/C16H15N3O4/c20-14-9-23-16(22)19(14)10-5-6-18(8-10)15(21)12-7-17-13-4-2-1-3-11(12)13/h1-4,7,10,17H,5-6,8-9H2. The number of hydrogen-bond donors (Lipinski definition) is 1. The van der Waals surface area contributed by atoms with Crippen molar-refractivity contribution in [3.63, 3.8) is 0 Å². The molecule has 1 aromatic heterocycles. The van der Waals surface area contributed by atoms with Crippen LogP contribution in [-0.2, 0) is 9.53 Å². The van der Waals surface area contributed by atoms with Gasteiger partial charge in [-0.3, -0.25) is 9.59 Å². The molecule has 118 valence electrons. The van der Waals surface area contributed by atoms with Crippen LogP contribution in [0.25, 0.3) is 10.9 Å². The maximum absolute atomic E-state index is 12.7. The first kappa shape index (κ1) is 13.8. The average Bonchev–Trinajstić information content (AvgIpc) is 3.25. The molecule has 2 aliphatic heterocycles. The number of rotatable bonds is 2. The summed E-state index contributed by atoms with van der Waals surface area (Å²) in [6, 6.07) is 7.31. The van der Waals surface area contributed by atoms with E-state index in [1.54, 1.807) is 11.1 Å². The Bertz CT molecular complexity index is 797. The Morgan fingerprint density at radius 2 is 2.09 bits per heavy atom. The smallest absolute Gasteiger partial charge is 0.417 e. The number of para-hydroxylation sites is 1. The van der Waals surface area contributed by atoms with Crippen LogP contribution in [0.4, 0.5) is 4.79 Å². The lowest BCUT2D eigenvalue weighted by Gasteiger charge is -2.20. The van der Waals surface area contributed by atoms with E-state index in [-0.39, 0.29) is 24.5 Å². The summed E-state index contributed by atoms with van der Waals surface area (Å²) in [6.07, 6.45) is 1.67. The summed E-state index contributed by atoms with van der Waals surface area (Å²) in [6.45, 7) is 0.658. The number of ether oxygens (including phenoxy) is 1. The van der Waals surface area contributed by atoms with Crippen LogP contribution in [0, 0.1) is 0 Å². The van der Waals surface area contributed by atoms with E-state index in [0.29, 0.717) is 25.1 Å². The van der Waals surface area contributed by atoms with Gasteiger partial charge in [-0.2, -0.15) is 0 Å². The Labute approximate surface area is 131 Å². The second-order valence-electron chi connectivity index (χ2n) is 5.76. The Balaban J connectivity index is 1.54. The quantitative estimate of drug-likeness (QED) is 0.907. The van der Waals surface area contributed by atoms with Gasteiger partial charge in [0.1, 0.15) is 0 Å². The minimum Gasteiger partial charge on any atom is -0.439 e. The number of H-pyrrole nitrogens is 1. The molecule has 0 bridgehead atoms. The predicted molar refractivity (Wildman–Crippen MR) is 80.8 cm³/mol. The Hall–Kier alpha value is -2.83. The summed E-state index contributed by atoms with van der Waals surface area (Å²) < 4.78 is 4.74. The summed E-state index contributed by atoms with van der Waals surface area (Å²) in [5.74, 6) is -0.425. The maximum atomic E-state index is 12.7. The van der Waals surface area contributed by atoms with Crippen LogP contribution in [0.3, 0.4) is 0 Å². The van der Waals surface area contributed by atoms with Crippen LogP contribution in [-0.4, -0.2) is 58.4 Å². The van der Waals surface area contributed by atoms with E-state index < -0.39 is 6.09 Å². The van der Waals surface area contributed by atoms with Crippen molar-refractivity contribution in [1.29, 1.82) is 0 Å². The van der Waals surface area contributed by atoms with Gasteiger partial charge in [-0.25, -0.2) is 9.69 Å². The van der Waals surface area contributed by atoms with Crippen molar-refractivity contribution in [2.24, 2.45) is 0 Å². The first-order chi connectivity index (χ1) is 11.1. The fourth-order valence-electron chi connectivity index (χ4n) is 3.27. The summed E-state index contributed by atoms with van der Waals surface area (Å²) >= 11 is 0. The average molecular weight is 313 g/mol. The summed E-state index contributed by atoms with van der Waals surface area (Å²) in [7, 11) is 0. The normalized spacial score (nSPS) is 21.3. The molecular weight excluding hydrogens is 298 g/mol. The van der Waals surface area contributed by atoms with Crippen LogP contribution in [0.15, 0.2) is 30.5 Å². The van der Waals surface area contributed by atoms with E-state index in [1.807, 2.05) is 24.3 Å². The van der Waals surface area contributed by atoms with Crippen LogP contribution >= 0.6 is 0 Å². The molecule has 3 heterocycles. The minimum atomic E-state index is -0.610. The van der Waals surface area contributed by atoms with Gasteiger partial charge in [0.15, 0.2) is 6.61 Å². The number of likely N-dealkylation sites (tertiary alicyclic amines) is 1. The lowest BCUT2D eigenvalue weighted by atomic mass is 10.1. The number of fused-ring (bicyclic) bond motifs is 1. The van der Waals surface area contributed by atoms with Crippen molar-refractivity contribution in [2.45, 2.75) is 12.5 Å². The van der Waals surface area contributed by atoms with Crippen LogP contribution in [0.5, 0.6) is 0 Å². The third kappa shape index (κ3) is 2.16. The third-order valence-electron chi connectivity index (χ3n) is 4.42. The topological polar surface area (TPSA) is 82.7 Å². The number of carbonyl (C=O) groups is 3. The summed E-state index contributed by atoms with van der Waals surface area (Å²) in [4.78, 5) is 42.0. The van der Waals surface area contributed by atoms with E-state index in [4.69, 9.17) is 4.74 Å². The second kappa shape index (κ2) is 5.12. The number of nitrogens with one attached hydrogen (secondary N) is 1. The molecule has 2 fully saturated rings. The molecule has 7 nitrogen and oxygen atoms in total. The maximum Gasteiger partial charge on any atom is 0.417 e. The third-order valence-corrected chi connectivity index (χ3v) is 4.42. The lowest BCUT2D eigenvalue weighted by Crippen LogP contribution is -2.42. The number of carbonyl (C=O) groups excluding carboxylic acids is 3. The molecule has 2 aliphatic rings. The lowest BCUT2D eigenvalue weighted by molar-refractivity contribution is -0.127. The number of amides is 3. The van der Waals surface area contributed by atoms with Gasteiger partial charge < -0.3 is 14.6 Å². The van der Waals surface area contributed by atoms with E-state index in [0.717, 1.165) is 15.8 Å². The molecule has 0 spiro atoms. The molecule has 1 unspecified atom stereocenters. The Morgan fingerprint density at radius 3 is 2.87 bits per heavy atom. The largest absolute Gasteiger partial charge is 0.439 e. The molecular formula is C16H15N3O4. The van der Waals surface area contributed by atoms with Crippen molar-refractivity contribution < 1.29 is 19.1 Å². The van der Waals surface area contributed by atoms with Crippen LogP contribution in [0.1, 0.15) is 16.8 Å². The van der Waals surface area contributed by atoms with Gasteiger partial charge in [0, 0.05) is 30.2 Å². The predicted octanol–water partition coefficient (Wildman–Crippen LogP) is 1.36. The summed E-state index contributed by atoms with van der Waals surface area (Å²) in [5.41, 5.74) is 1.52. The molecule has 0 saturated carbocycles. The number of nitrogens with zero attached hydrogens (tertiary/aromatic N) is 2. The first-order valence-corrected chi connectivity index (χ1v) is 7.49. The molecule has 2 aromatic rings.